The van der Waals surface area contributed by atoms with Crippen LogP contribution < -0.4 is 10.7 Å². The molecule has 154 valence electrons. The first kappa shape index (κ1) is 20.1. The van der Waals surface area contributed by atoms with Crippen molar-refractivity contribution in [3.8, 4) is 0 Å². The van der Waals surface area contributed by atoms with Crippen LogP contribution in [0, 0.1) is 6.92 Å². The molecule has 2 N–H and O–H groups in total. The van der Waals surface area contributed by atoms with Crippen LogP contribution in [0.5, 0.6) is 0 Å². The molecule has 0 fully saturated rings. The van der Waals surface area contributed by atoms with Crippen molar-refractivity contribution >= 4 is 40.3 Å². The second kappa shape index (κ2) is 8.67. The van der Waals surface area contributed by atoms with Crippen molar-refractivity contribution in [2.24, 2.45) is 0 Å². The van der Waals surface area contributed by atoms with Crippen LogP contribution in [0.25, 0.3) is 22.8 Å². The number of carbonyl (C=O) groups is 1. The molecule has 0 atom stereocenters. The van der Waals surface area contributed by atoms with Gasteiger partial charge >= 0.3 is 5.97 Å². The summed E-state index contributed by atoms with van der Waals surface area (Å²) in [5, 5.41) is 12.7. The predicted molar refractivity (Wildman–Crippen MR) is 124 cm³/mol. The lowest BCUT2D eigenvalue weighted by molar-refractivity contribution is -0.131. The summed E-state index contributed by atoms with van der Waals surface area (Å²) >= 11 is 0. The number of carboxylic acids is 1. The molecule has 6 heteroatoms. The topological polar surface area (TPSA) is 84.2 Å². The highest BCUT2D eigenvalue weighted by Gasteiger charge is 2.15. The van der Waals surface area contributed by atoms with Gasteiger partial charge in [0.2, 0.25) is 0 Å². The third-order valence-electron chi connectivity index (χ3n) is 4.89. The molecular formula is C25H21N3O3. The number of aliphatic carboxylic acids is 1. The van der Waals surface area contributed by atoms with E-state index in [9.17, 15) is 9.59 Å². The molecule has 1 aromatic carbocycles. The third-order valence-corrected chi connectivity index (χ3v) is 4.89. The highest BCUT2D eigenvalue weighted by atomic mass is 16.4. The summed E-state index contributed by atoms with van der Waals surface area (Å²) in [5.74, 6) is -0.463. The minimum Gasteiger partial charge on any atom is -0.478 e. The second-order valence-corrected chi connectivity index (χ2v) is 7.08. The number of nitrogens with one attached hydrogen (secondary N) is 1. The molecule has 0 saturated heterocycles. The Morgan fingerprint density at radius 3 is 2.77 bits per heavy atom. The van der Waals surface area contributed by atoms with Crippen molar-refractivity contribution in [1.29, 1.82) is 0 Å². The lowest BCUT2D eigenvalue weighted by Gasteiger charge is -2.19. The standard InChI is InChI=1S/C25H21N3O3/c1-17-18(13-14-24(30)31)15-21-22(29)16-23(27-19-9-5-4-6-10-19)28(25(21)26-17)20-11-7-2-3-8-12-20/h2,4-16,27H,3H2,1H3,(H,30,31)/b14-13+. The summed E-state index contributed by atoms with van der Waals surface area (Å²) in [6.45, 7) is 1.80. The maximum atomic E-state index is 13.0. The van der Waals surface area contributed by atoms with E-state index >= 15 is 0 Å². The number of anilines is 2. The number of aromatic nitrogens is 2. The Bertz CT molecular complexity index is 1330. The average Bonchev–Trinajstić information content (AvgIpc) is 3.03. The summed E-state index contributed by atoms with van der Waals surface area (Å²) in [5.41, 5.74) is 3.23. The summed E-state index contributed by atoms with van der Waals surface area (Å²) in [6, 6.07) is 12.9. The lowest BCUT2D eigenvalue weighted by atomic mass is 10.1. The zero-order valence-electron chi connectivity index (χ0n) is 16.9. The van der Waals surface area contributed by atoms with Crippen molar-refractivity contribution in [2.45, 2.75) is 13.3 Å². The Morgan fingerprint density at radius 2 is 2.00 bits per heavy atom. The first-order valence-corrected chi connectivity index (χ1v) is 9.87. The van der Waals surface area contributed by atoms with Crippen LogP contribution in [0.3, 0.4) is 0 Å². The minimum atomic E-state index is -1.06. The molecule has 0 bridgehead atoms. The first-order chi connectivity index (χ1) is 15.0. The van der Waals surface area contributed by atoms with Gasteiger partial charge in [-0.05, 0) is 55.3 Å². The number of carboxylic acid groups (broad SMARTS) is 1. The fraction of sp³-hybridized carbons (Fsp3) is 0.0800. The molecule has 31 heavy (non-hydrogen) atoms. The van der Waals surface area contributed by atoms with Crippen LogP contribution in [0.4, 0.5) is 11.5 Å². The fourth-order valence-corrected chi connectivity index (χ4v) is 3.41. The van der Waals surface area contributed by atoms with Crippen molar-refractivity contribution in [2.75, 3.05) is 5.32 Å². The summed E-state index contributed by atoms with van der Waals surface area (Å²) in [4.78, 5) is 28.6. The van der Waals surface area contributed by atoms with Gasteiger partial charge in [-0.1, -0.05) is 36.4 Å². The number of para-hydroxylation sites is 1. The van der Waals surface area contributed by atoms with E-state index in [1.54, 1.807) is 19.1 Å². The highest BCUT2D eigenvalue weighted by Crippen LogP contribution is 2.26. The van der Waals surface area contributed by atoms with E-state index in [0.717, 1.165) is 23.9 Å². The van der Waals surface area contributed by atoms with E-state index in [2.05, 4.69) is 5.32 Å². The molecule has 1 aliphatic carbocycles. The monoisotopic (exact) mass is 411 g/mol. The average molecular weight is 411 g/mol. The number of aryl methyl sites for hydroxylation is 1. The fourth-order valence-electron chi connectivity index (χ4n) is 3.41. The van der Waals surface area contributed by atoms with Gasteiger partial charge in [-0.15, -0.1) is 0 Å². The van der Waals surface area contributed by atoms with Gasteiger partial charge in [0, 0.05) is 29.2 Å². The lowest BCUT2D eigenvalue weighted by Crippen LogP contribution is -2.15. The number of nitrogens with zero attached hydrogens (tertiary/aromatic N) is 2. The molecule has 6 nitrogen and oxygen atoms in total. The number of allylic oxidation sites excluding steroid dienone is 6. The van der Waals surface area contributed by atoms with Crippen LogP contribution >= 0.6 is 0 Å². The maximum absolute atomic E-state index is 13.0. The predicted octanol–water partition coefficient (Wildman–Crippen LogP) is 4.90. The molecule has 3 aromatic rings. The van der Waals surface area contributed by atoms with Gasteiger partial charge < -0.3 is 10.4 Å². The summed E-state index contributed by atoms with van der Waals surface area (Å²) in [7, 11) is 0. The van der Waals surface area contributed by atoms with Gasteiger partial charge in [-0.2, -0.15) is 0 Å². The van der Waals surface area contributed by atoms with Gasteiger partial charge in [0.1, 0.15) is 11.5 Å². The number of pyridine rings is 2. The summed E-state index contributed by atoms with van der Waals surface area (Å²) in [6.07, 6.45) is 13.3. The van der Waals surface area contributed by atoms with Crippen molar-refractivity contribution in [3.63, 3.8) is 0 Å². The van der Waals surface area contributed by atoms with Crippen LogP contribution in [0.2, 0.25) is 0 Å². The number of rotatable bonds is 5. The molecule has 0 radical (unpaired) electrons. The zero-order valence-corrected chi connectivity index (χ0v) is 16.9. The molecular weight excluding hydrogens is 390 g/mol. The molecule has 1 aliphatic rings. The summed E-state index contributed by atoms with van der Waals surface area (Å²) < 4.78 is 1.91. The number of benzene rings is 1. The number of hydrogen-bond donors (Lipinski definition) is 2. The third kappa shape index (κ3) is 4.38. The maximum Gasteiger partial charge on any atom is 0.328 e. The first-order valence-electron chi connectivity index (χ1n) is 9.87. The quantitative estimate of drug-likeness (QED) is 0.583. The normalized spacial score (nSPS) is 13.4. The van der Waals surface area contributed by atoms with Crippen molar-refractivity contribution in [3.05, 3.63) is 100 Å². The molecule has 0 saturated carbocycles. The van der Waals surface area contributed by atoms with E-state index in [4.69, 9.17) is 10.1 Å². The second-order valence-electron chi connectivity index (χ2n) is 7.08. The van der Waals surface area contributed by atoms with Gasteiger partial charge in [0.15, 0.2) is 5.43 Å². The largest absolute Gasteiger partial charge is 0.478 e. The smallest absolute Gasteiger partial charge is 0.328 e. The minimum absolute atomic E-state index is 0.198. The molecule has 0 aliphatic heterocycles. The Hall–Kier alpha value is -4.19. The number of hydrogen-bond acceptors (Lipinski definition) is 4. The van der Waals surface area contributed by atoms with E-state index in [1.165, 1.54) is 6.08 Å². The van der Waals surface area contributed by atoms with E-state index in [0.29, 0.717) is 28.1 Å². The van der Waals surface area contributed by atoms with Crippen LogP contribution in [-0.4, -0.2) is 20.6 Å². The highest BCUT2D eigenvalue weighted by molar-refractivity contribution is 5.89. The number of fused-ring (bicyclic) bond motifs is 1. The van der Waals surface area contributed by atoms with Gasteiger partial charge in [0.25, 0.3) is 0 Å². The molecule has 0 unspecified atom stereocenters. The Kier molecular flexibility index (Phi) is 5.62. The Balaban J connectivity index is 1.99. The molecule has 2 heterocycles. The van der Waals surface area contributed by atoms with E-state index < -0.39 is 5.97 Å². The Morgan fingerprint density at radius 1 is 1.19 bits per heavy atom. The van der Waals surface area contributed by atoms with Crippen LogP contribution in [0.15, 0.2) is 83.7 Å². The molecule has 0 spiro atoms. The zero-order chi connectivity index (χ0) is 21.8. The van der Waals surface area contributed by atoms with E-state index in [1.807, 2.05) is 65.3 Å². The molecule has 2 aromatic heterocycles. The molecule has 0 amide bonds. The van der Waals surface area contributed by atoms with Crippen molar-refractivity contribution in [1.82, 2.24) is 9.55 Å². The van der Waals surface area contributed by atoms with E-state index in [-0.39, 0.29) is 5.43 Å². The van der Waals surface area contributed by atoms with Crippen LogP contribution in [-0.2, 0) is 4.79 Å². The Labute approximate surface area is 179 Å². The SMILES string of the molecule is Cc1nc2c(cc1/C=C/C(=O)O)c(=O)cc(Nc1ccccc1)n2C1=CC=CCC=C1. The molecule has 4 rings (SSSR count). The van der Waals surface area contributed by atoms with Crippen molar-refractivity contribution < 1.29 is 9.90 Å². The van der Waals surface area contributed by atoms with Gasteiger partial charge in [-0.25, -0.2) is 9.78 Å². The van der Waals surface area contributed by atoms with Gasteiger partial charge in [0.05, 0.1) is 5.39 Å². The van der Waals surface area contributed by atoms with Crippen LogP contribution in [0.1, 0.15) is 17.7 Å². The van der Waals surface area contributed by atoms with Gasteiger partial charge in [-0.3, -0.25) is 9.36 Å².